The summed E-state index contributed by atoms with van der Waals surface area (Å²) >= 11 is 0. The molecule has 1 aromatic carbocycles. The molecule has 2 aromatic rings. The van der Waals surface area contributed by atoms with Gasteiger partial charge in [-0.2, -0.15) is 13.2 Å². The lowest BCUT2D eigenvalue weighted by Crippen LogP contribution is -2.09. The SMILES string of the molecule is COc1cncc(-c2ccc(C=O)c(C(F)(F)F)c2)c1. The molecule has 0 atom stereocenters. The molecule has 0 amide bonds. The number of carbonyl (C=O) groups is 1. The van der Waals surface area contributed by atoms with E-state index in [1.54, 1.807) is 6.07 Å². The van der Waals surface area contributed by atoms with Crippen molar-refractivity contribution in [2.24, 2.45) is 0 Å². The Morgan fingerprint density at radius 2 is 1.90 bits per heavy atom. The van der Waals surface area contributed by atoms with Crippen LogP contribution in [0.3, 0.4) is 0 Å². The molecule has 0 radical (unpaired) electrons. The number of ether oxygens (including phenoxy) is 1. The van der Waals surface area contributed by atoms with E-state index in [1.165, 1.54) is 25.6 Å². The van der Waals surface area contributed by atoms with Crippen molar-refractivity contribution in [2.75, 3.05) is 7.11 Å². The first-order valence-electron chi connectivity index (χ1n) is 5.61. The number of nitrogens with zero attached hydrogens (tertiary/aromatic N) is 1. The second-order valence-corrected chi connectivity index (χ2v) is 4.03. The van der Waals surface area contributed by atoms with Gasteiger partial charge in [-0.15, -0.1) is 0 Å². The van der Waals surface area contributed by atoms with E-state index in [2.05, 4.69) is 4.98 Å². The Hall–Kier alpha value is -2.37. The van der Waals surface area contributed by atoms with Gasteiger partial charge in [0.2, 0.25) is 0 Å². The highest BCUT2D eigenvalue weighted by Gasteiger charge is 2.33. The van der Waals surface area contributed by atoms with Crippen molar-refractivity contribution < 1.29 is 22.7 Å². The largest absolute Gasteiger partial charge is 0.495 e. The molecule has 2 rings (SSSR count). The Morgan fingerprint density at radius 1 is 1.15 bits per heavy atom. The first-order chi connectivity index (χ1) is 9.45. The lowest BCUT2D eigenvalue weighted by atomic mass is 10.0. The molecule has 1 aromatic heterocycles. The van der Waals surface area contributed by atoms with Crippen molar-refractivity contribution in [1.82, 2.24) is 4.98 Å². The zero-order chi connectivity index (χ0) is 14.8. The first kappa shape index (κ1) is 14.0. The number of carbonyl (C=O) groups excluding carboxylic acids is 1. The fraction of sp³-hybridized carbons (Fsp3) is 0.143. The molecule has 0 bridgehead atoms. The van der Waals surface area contributed by atoms with Crippen LogP contribution in [-0.4, -0.2) is 18.4 Å². The lowest BCUT2D eigenvalue weighted by Gasteiger charge is -2.11. The minimum absolute atomic E-state index is 0.191. The maximum absolute atomic E-state index is 12.9. The van der Waals surface area contributed by atoms with E-state index in [9.17, 15) is 18.0 Å². The second kappa shape index (κ2) is 5.32. The summed E-state index contributed by atoms with van der Waals surface area (Å²) in [6.45, 7) is 0. The van der Waals surface area contributed by atoms with Gasteiger partial charge in [0.15, 0.2) is 6.29 Å². The Bertz CT molecular complexity index is 639. The number of hydrogen-bond donors (Lipinski definition) is 0. The average molecular weight is 281 g/mol. The van der Waals surface area contributed by atoms with Crippen LogP contribution in [0.15, 0.2) is 36.7 Å². The normalized spacial score (nSPS) is 11.2. The average Bonchev–Trinajstić information content (AvgIpc) is 2.45. The van der Waals surface area contributed by atoms with Gasteiger partial charge in [0.05, 0.1) is 18.9 Å². The van der Waals surface area contributed by atoms with E-state index in [0.717, 1.165) is 12.1 Å². The molecule has 3 nitrogen and oxygen atoms in total. The summed E-state index contributed by atoms with van der Waals surface area (Å²) in [4.78, 5) is 14.6. The number of rotatable bonds is 3. The standard InChI is InChI=1S/C14H10F3NO2/c1-20-12-4-11(6-18-7-12)9-2-3-10(8-19)13(5-9)14(15,16)17/h2-8H,1H3. The van der Waals surface area contributed by atoms with Crippen molar-refractivity contribution in [2.45, 2.75) is 6.18 Å². The molecule has 0 fully saturated rings. The van der Waals surface area contributed by atoms with Crippen LogP contribution in [-0.2, 0) is 6.18 Å². The van der Waals surface area contributed by atoms with E-state index in [4.69, 9.17) is 4.74 Å². The molecule has 0 saturated heterocycles. The van der Waals surface area contributed by atoms with Crippen LogP contribution >= 0.6 is 0 Å². The summed E-state index contributed by atoms with van der Waals surface area (Å²) in [5, 5.41) is 0. The fourth-order valence-electron chi connectivity index (χ4n) is 1.77. The van der Waals surface area contributed by atoms with Gasteiger partial charge >= 0.3 is 6.18 Å². The first-order valence-corrected chi connectivity index (χ1v) is 5.61. The molecule has 1 heterocycles. The summed E-state index contributed by atoms with van der Waals surface area (Å²) in [6, 6.07) is 5.09. The minimum Gasteiger partial charge on any atom is -0.495 e. The van der Waals surface area contributed by atoms with Crippen LogP contribution in [0.1, 0.15) is 15.9 Å². The van der Waals surface area contributed by atoms with Crippen LogP contribution < -0.4 is 4.74 Å². The molecule has 0 unspecified atom stereocenters. The lowest BCUT2D eigenvalue weighted by molar-refractivity contribution is -0.137. The molecular weight excluding hydrogens is 271 g/mol. The molecule has 0 aliphatic rings. The predicted octanol–water partition coefficient (Wildman–Crippen LogP) is 3.59. The molecule has 0 spiro atoms. The molecule has 0 N–H and O–H groups in total. The highest BCUT2D eigenvalue weighted by atomic mass is 19.4. The summed E-state index contributed by atoms with van der Waals surface area (Å²) in [5.74, 6) is 0.440. The van der Waals surface area contributed by atoms with Crippen molar-refractivity contribution in [3.63, 3.8) is 0 Å². The number of alkyl halides is 3. The van der Waals surface area contributed by atoms with Gasteiger partial charge in [-0.05, 0) is 17.7 Å². The van der Waals surface area contributed by atoms with Gasteiger partial charge in [-0.25, -0.2) is 0 Å². The number of aldehydes is 1. The van der Waals surface area contributed by atoms with Crippen LogP contribution in [0, 0.1) is 0 Å². The zero-order valence-electron chi connectivity index (χ0n) is 10.4. The molecule has 0 aliphatic carbocycles. The quantitative estimate of drug-likeness (QED) is 0.807. The molecular formula is C14H10F3NO2. The van der Waals surface area contributed by atoms with Crippen LogP contribution in [0.2, 0.25) is 0 Å². The van der Waals surface area contributed by atoms with Gasteiger partial charge < -0.3 is 4.74 Å². The van der Waals surface area contributed by atoms with Crippen molar-refractivity contribution in [3.8, 4) is 16.9 Å². The van der Waals surface area contributed by atoms with Crippen LogP contribution in [0.4, 0.5) is 13.2 Å². The molecule has 104 valence electrons. The highest BCUT2D eigenvalue weighted by Crippen LogP contribution is 2.34. The number of hydrogen-bond acceptors (Lipinski definition) is 3. The van der Waals surface area contributed by atoms with E-state index in [1.807, 2.05) is 0 Å². The van der Waals surface area contributed by atoms with E-state index in [0.29, 0.717) is 16.9 Å². The summed E-state index contributed by atoms with van der Waals surface area (Å²) in [5.41, 5.74) is -0.563. The third kappa shape index (κ3) is 2.79. The van der Waals surface area contributed by atoms with E-state index < -0.39 is 17.3 Å². The van der Waals surface area contributed by atoms with Crippen LogP contribution in [0.5, 0.6) is 5.75 Å². The number of pyridine rings is 1. The van der Waals surface area contributed by atoms with Gasteiger partial charge in [-0.3, -0.25) is 9.78 Å². The summed E-state index contributed by atoms with van der Waals surface area (Å²) < 4.78 is 43.6. The van der Waals surface area contributed by atoms with Crippen molar-refractivity contribution in [3.05, 3.63) is 47.8 Å². The minimum atomic E-state index is -4.58. The zero-order valence-corrected chi connectivity index (χ0v) is 10.4. The van der Waals surface area contributed by atoms with E-state index in [-0.39, 0.29) is 6.29 Å². The Kier molecular flexibility index (Phi) is 3.74. The maximum Gasteiger partial charge on any atom is 0.417 e. The van der Waals surface area contributed by atoms with Gasteiger partial charge in [-0.1, -0.05) is 12.1 Å². The second-order valence-electron chi connectivity index (χ2n) is 4.03. The highest BCUT2D eigenvalue weighted by molar-refractivity contribution is 5.80. The molecule has 0 saturated carbocycles. The maximum atomic E-state index is 12.9. The number of aromatic nitrogens is 1. The monoisotopic (exact) mass is 281 g/mol. The Labute approximate surface area is 113 Å². The third-order valence-electron chi connectivity index (χ3n) is 2.77. The summed E-state index contributed by atoms with van der Waals surface area (Å²) in [7, 11) is 1.44. The molecule has 6 heteroatoms. The number of benzene rings is 1. The van der Waals surface area contributed by atoms with Gasteiger partial charge in [0, 0.05) is 17.3 Å². The summed E-state index contributed by atoms with van der Waals surface area (Å²) in [6.07, 6.45) is -1.51. The van der Waals surface area contributed by atoms with Gasteiger partial charge in [0.1, 0.15) is 5.75 Å². The van der Waals surface area contributed by atoms with E-state index >= 15 is 0 Å². The molecule has 20 heavy (non-hydrogen) atoms. The Morgan fingerprint density at radius 3 is 2.50 bits per heavy atom. The topological polar surface area (TPSA) is 39.2 Å². The fourth-order valence-corrected chi connectivity index (χ4v) is 1.77. The Balaban J connectivity index is 2.55. The number of methoxy groups -OCH3 is 1. The van der Waals surface area contributed by atoms with Crippen molar-refractivity contribution >= 4 is 6.29 Å². The number of halogens is 3. The smallest absolute Gasteiger partial charge is 0.417 e. The third-order valence-corrected chi connectivity index (χ3v) is 2.77. The van der Waals surface area contributed by atoms with Crippen molar-refractivity contribution in [1.29, 1.82) is 0 Å². The van der Waals surface area contributed by atoms with Gasteiger partial charge in [0.25, 0.3) is 0 Å². The predicted molar refractivity (Wildman–Crippen MR) is 66.6 cm³/mol. The molecule has 0 aliphatic heterocycles. The van der Waals surface area contributed by atoms with Crippen LogP contribution in [0.25, 0.3) is 11.1 Å².